The highest BCUT2D eigenvalue weighted by Crippen LogP contribution is 2.48. The molecule has 0 bridgehead atoms. The summed E-state index contributed by atoms with van der Waals surface area (Å²) >= 11 is 5.40. The SMILES string of the molecule is COc1ccc(C(SC[C@@H](N)CO)(c2ccccc2)c2ccccc2)cc1.N[C@H](CS)C(=O)O.[B]C. The van der Waals surface area contributed by atoms with Crippen LogP contribution < -0.4 is 16.2 Å². The third kappa shape index (κ3) is 8.90. The molecule has 0 aliphatic heterocycles. The lowest BCUT2D eigenvalue weighted by Crippen LogP contribution is -2.32. The molecule has 0 aliphatic rings. The zero-order chi connectivity index (χ0) is 27.0. The first-order valence-corrected chi connectivity index (χ1v) is 12.9. The fourth-order valence-electron chi connectivity index (χ4n) is 3.28. The third-order valence-electron chi connectivity index (χ3n) is 5.12. The fraction of sp³-hybridized carbons (Fsp3) is 0.296. The van der Waals surface area contributed by atoms with Gasteiger partial charge in [-0.1, -0.05) is 79.6 Å². The van der Waals surface area contributed by atoms with Crippen LogP contribution in [0.3, 0.4) is 0 Å². The number of carbonyl (C=O) groups is 1. The molecule has 0 saturated carbocycles. The van der Waals surface area contributed by atoms with E-state index >= 15 is 0 Å². The largest absolute Gasteiger partial charge is 0.497 e. The first-order chi connectivity index (χ1) is 17.4. The number of nitrogens with two attached hydrogens (primary N) is 2. The van der Waals surface area contributed by atoms with Gasteiger partial charge in [-0.3, -0.25) is 4.79 Å². The van der Waals surface area contributed by atoms with Crippen molar-refractivity contribution in [2.45, 2.75) is 23.7 Å². The Bertz CT molecular complexity index is 956. The van der Waals surface area contributed by atoms with E-state index in [1.807, 2.05) is 24.3 Å². The van der Waals surface area contributed by atoms with E-state index in [0.717, 1.165) is 11.3 Å². The molecular weight excluding hydrogens is 491 g/mol. The lowest BCUT2D eigenvalue weighted by atomic mass is 9.84. The minimum Gasteiger partial charge on any atom is -0.497 e. The second-order valence-electron chi connectivity index (χ2n) is 7.52. The number of hydrogen-bond donors (Lipinski definition) is 5. The van der Waals surface area contributed by atoms with Crippen LogP contribution in [0.25, 0.3) is 0 Å². The molecule has 6 nitrogen and oxygen atoms in total. The highest BCUT2D eigenvalue weighted by Gasteiger charge is 2.37. The van der Waals surface area contributed by atoms with Crippen LogP contribution >= 0.6 is 24.4 Å². The van der Waals surface area contributed by atoms with Crippen LogP contribution in [-0.2, 0) is 9.54 Å². The van der Waals surface area contributed by atoms with Crippen LogP contribution in [0.5, 0.6) is 5.75 Å². The average Bonchev–Trinajstić information content (AvgIpc) is 2.95. The molecule has 192 valence electrons. The second kappa shape index (κ2) is 17.1. The molecule has 0 spiro atoms. The Morgan fingerprint density at radius 1 is 0.944 bits per heavy atom. The number of aliphatic hydroxyl groups is 1. The summed E-state index contributed by atoms with van der Waals surface area (Å²) in [6.07, 6.45) is 0. The summed E-state index contributed by atoms with van der Waals surface area (Å²) in [5.74, 6) is 0.641. The number of rotatable bonds is 10. The predicted molar refractivity (Wildman–Crippen MR) is 154 cm³/mol. The molecule has 3 rings (SSSR count). The fourth-order valence-corrected chi connectivity index (χ4v) is 4.92. The van der Waals surface area contributed by atoms with Gasteiger partial charge in [0.1, 0.15) is 11.8 Å². The summed E-state index contributed by atoms with van der Waals surface area (Å²) in [6.45, 7) is 1.47. The summed E-state index contributed by atoms with van der Waals surface area (Å²) in [4.78, 5) is 9.76. The van der Waals surface area contributed by atoms with Crippen LogP contribution in [0.1, 0.15) is 16.7 Å². The molecular formula is C27H35BN2O4S2. The van der Waals surface area contributed by atoms with Crippen LogP contribution in [0.4, 0.5) is 0 Å². The first kappa shape index (κ1) is 31.6. The zero-order valence-electron chi connectivity index (χ0n) is 20.7. The maximum absolute atomic E-state index is 9.76. The van der Waals surface area contributed by atoms with E-state index in [2.05, 4.69) is 81.1 Å². The molecule has 3 aromatic rings. The number of aliphatic carboxylic acids is 1. The van der Waals surface area contributed by atoms with Crippen molar-refractivity contribution in [2.75, 3.05) is 25.2 Å². The first-order valence-electron chi connectivity index (χ1n) is 11.3. The Morgan fingerprint density at radius 2 is 1.39 bits per heavy atom. The van der Waals surface area contributed by atoms with Gasteiger partial charge in [0.05, 0.1) is 26.3 Å². The van der Waals surface area contributed by atoms with Crippen LogP contribution in [0.15, 0.2) is 84.9 Å². The topological polar surface area (TPSA) is 119 Å². The van der Waals surface area contributed by atoms with Crippen molar-refractivity contribution in [3.05, 3.63) is 102 Å². The van der Waals surface area contributed by atoms with Crippen LogP contribution in [0, 0.1) is 0 Å². The molecule has 2 atom stereocenters. The van der Waals surface area contributed by atoms with Gasteiger partial charge in [-0.25, -0.2) is 0 Å². The van der Waals surface area contributed by atoms with Gasteiger partial charge >= 0.3 is 5.97 Å². The van der Waals surface area contributed by atoms with Gasteiger partial charge in [0.2, 0.25) is 0 Å². The van der Waals surface area contributed by atoms with E-state index in [0.29, 0.717) is 5.75 Å². The Labute approximate surface area is 225 Å². The van der Waals surface area contributed by atoms with E-state index in [1.165, 1.54) is 17.9 Å². The molecule has 0 saturated heterocycles. The molecule has 9 heteroatoms. The van der Waals surface area contributed by atoms with Crippen LogP contribution in [-0.4, -0.2) is 61.3 Å². The number of hydrogen-bond acceptors (Lipinski definition) is 7. The summed E-state index contributed by atoms with van der Waals surface area (Å²) in [5.41, 5.74) is 14.5. The van der Waals surface area contributed by atoms with Crippen molar-refractivity contribution in [2.24, 2.45) is 11.5 Å². The quantitative estimate of drug-likeness (QED) is 0.156. The zero-order valence-corrected chi connectivity index (χ0v) is 22.4. The minimum absolute atomic E-state index is 0.0325. The van der Waals surface area contributed by atoms with Crippen molar-refractivity contribution in [1.29, 1.82) is 0 Å². The lowest BCUT2D eigenvalue weighted by molar-refractivity contribution is -0.137. The average molecular weight is 527 g/mol. The molecule has 0 aromatic heterocycles. The highest BCUT2D eigenvalue weighted by atomic mass is 32.2. The van der Waals surface area contributed by atoms with Gasteiger partial charge < -0.3 is 26.4 Å². The van der Waals surface area contributed by atoms with Gasteiger partial charge in [-0.15, -0.1) is 11.8 Å². The normalized spacial score (nSPS) is 12.2. The maximum atomic E-state index is 9.76. The number of aliphatic hydroxyl groups excluding tert-OH is 1. The molecule has 0 unspecified atom stereocenters. The Morgan fingerprint density at radius 3 is 1.72 bits per heavy atom. The molecule has 6 N–H and O–H groups in total. The standard InChI is InChI=1S/C23H25NO2S.C3H7NO2S.CH3B/c1-26-22-14-12-20(13-15-22)23(27-17-21(24)16-25,18-8-4-2-5-9-18)19-10-6-3-7-11-19;4-2(1-7)3(5)6;1-2/h2-15,21,25H,16-17,24H2,1H3;2,7H,1,4H2,(H,5,6);1H3/t21-;2-;/m01./s1. The van der Waals surface area contributed by atoms with E-state index in [-0.39, 0.29) is 18.4 Å². The molecule has 0 amide bonds. The molecule has 36 heavy (non-hydrogen) atoms. The van der Waals surface area contributed by atoms with Crippen LogP contribution in [0.2, 0.25) is 6.82 Å². The number of thioether (sulfide) groups is 1. The second-order valence-corrected chi connectivity index (χ2v) is 9.12. The molecule has 0 fully saturated rings. The Kier molecular flexibility index (Phi) is 15.0. The van der Waals surface area contributed by atoms with E-state index in [1.54, 1.807) is 18.9 Å². The van der Waals surface area contributed by atoms with Crippen molar-refractivity contribution in [1.82, 2.24) is 0 Å². The minimum atomic E-state index is -1.00. The van der Waals surface area contributed by atoms with E-state index in [4.69, 9.17) is 21.3 Å². The van der Waals surface area contributed by atoms with Crippen molar-refractivity contribution in [3.63, 3.8) is 0 Å². The van der Waals surface area contributed by atoms with Gasteiger partial charge in [-0.05, 0) is 28.8 Å². The molecule has 0 heterocycles. The van der Waals surface area contributed by atoms with Crippen molar-refractivity contribution < 1.29 is 19.7 Å². The highest BCUT2D eigenvalue weighted by molar-refractivity contribution is 8.00. The third-order valence-corrected chi connectivity index (χ3v) is 7.25. The van der Waals surface area contributed by atoms with E-state index in [9.17, 15) is 9.90 Å². The number of thiol groups is 1. The summed E-state index contributed by atoms with van der Waals surface area (Å²) in [5, 5.41) is 17.5. The smallest absolute Gasteiger partial charge is 0.321 e. The van der Waals surface area contributed by atoms with Crippen molar-refractivity contribution in [3.8, 4) is 5.75 Å². The summed E-state index contributed by atoms with van der Waals surface area (Å²) < 4.78 is 4.92. The monoisotopic (exact) mass is 526 g/mol. The number of carboxylic acid groups (broad SMARTS) is 1. The number of benzene rings is 3. The Hall–Kier alpha value is -2.43. The molecule has 0 aliphatic carbocycles. The van der Waals surface area contributed by atoms with Crippen molar-refractivity contribution >= 4 is 38.2 Å². The van der Waals surface area contributed by atoms with E-state index < -0.39 is 16.8 Å². The van der Waals surface area contributed by atoms with Gasteiger partial charge in [-0.2, -0.15) is 12.6 Å². The van der Waals surface area contributed by atoms with Gasteiger partial charge in [0.25, 0.3) is 0 Å². The van der Waals surface area contributed by atoms with Gasteiger partial charge in [0.15, 0.2) is 0 Å². The number of ether oxygens (including phenoxy) is 1. The summed E-state index contributed by atoms with van der Waals surface area (Å²) in [6, 6.07) is 28.0. The molecule has 3 aromatic carbocycles. The maximum Gasteiger partial charge on any atom is 0.321 e. The predicted octanol–water partition coefficient (Wildman–Crippen LogP) is 3.57. The lowest BCUT2D eigenvalue weighted by Gasteiger charge is -2.36. The molecule has 2 radical (unpaired) electrons. The number of carboxylic acids is 1. The summed E-state index contributed by atoms with van der Waals surface area (Å²) in [7, 11) is 6.17. The Balaban J connectivity index is 0.000000623. The number of methoxy groups -OCH3 is 1. The van der Waals surface area contributed by atoms with Gasteiger partial charge in [0, 0.05) is 17.5 Å².